The molecule has 0 aliphatic carbocycles. The molecule has 0 unspecified atom stereocenters. The van der Waals surface area contributed by atoms with E-state index in [1.165, 1.54) is 0 Å². The van der Waals surface area contributed by atoms with Crippen LogP contribution in [0.3, 0.4) is 0 Å². The predicted octanol–water partition coefficient (Wildman–Crippen LogP) is 2.61. The summed E-state index contributed by atoms with van der Waals surface area (Å²) in [6, 6.07) is 14.5. The van der Waals surface area contributed by atoms with Crippen molar-refractivity contribution in [1.29, 1.82) is 0 Å². The van der Waals surface area contributed by atoms with E-state index in [2.05, 4.69) is 10.1 Å². The molecule has 0 saturated heterocycles. The van der Waals surface area contributed by atoms with Gasteiger partial charge in [0.15, 0.2) is 0 Å². The third-order valence-electron chi connectivity index (χ3n) is 3.21. The summed E-state index contributed by atoms with van der Waals surface area (Å²) >= 11 is 0. The largest absolute Gasteiger partial charge is 0.508 e. The number of nitrogens with two attached hydrogens (primary N) is 1. The first-order valence-electron chi connectivity index (χ1n) is 6.69. The molecule has 0 radical (unpaired) electrons. The van der Waals surface area contributed by atoms with Crippen molar-refractivity contribution in [2.24, 2.45) is 5.73 Å². The van der Waals surface area contributed by atoms with Crippen molar-refractivity contribution in [1.82, 2.24) is 10.1 Å². The van der Waals surface area contributed by atoms with Gasteiger partial charge in [-0.3, -0.25) is 0 Å². The van der Waals surface area contributed by atoms with Gasteiger partial charge < -0.3 is 15.4 Å². The van der Waals surface area contributed by atoms with Crippen LogP contribution in [0, 0.1) is 0 Å². The molecule has 0 atom stereocenters. The lowest BCUT2D eigenvalue weighted by Crippen LogP contribution is -2.03. The van der Waals surface area contributed by atoms with Gasteiger partial charge in [0.1, 0.15) is 5.75 Å². The summed E-state index contributed by atoms with van der Waals surface area (Å²) in [6.45, 7) is 0.565. The van der Waals surface area contributed by atoms with Gasteiger partial charge in [-0.25, -0.2) is 0 Å². The maximum atomic E-state index is 9.31. The van der Waals surface area contributed by atoms with Gasteiger partial charge >= 0.3 is 0 Å². The molecule has 0 aliphatic rings. The van der Waals surface area contributed by atoms with Gasteiger partial charge in [-0.15, -0.1) is 0 Å². The number of nitrogens with zero attached hydrogens (tertiary/aromatic N) is 2. The van der Waals surface area contributed by atoms with Crippen molar-refractivity contribution >= 4 is 0 Å². The number of benzene rings is 2. The summed E-state index contributed by atoms with van der Waals surface area (Å²) in [4.78, 5) is 4.42. The van der Waals surface area contributed by atoms with Gasteiger partial charge in [-0.2, -0.15) is 4.98 Å². The number of hydrogen-bond acceptors (Lipinski definition) is 5. The van der Waals surface area contributed by atoms with Crippen LogP contribution < -0.4 is 5.73 Å². The Morgan fingerprint density at radius 3 is 2.57 bits per heavy atom. The van der Waals surface area contributed by atoms with E-state index in [4.69, 9.17) is 10.3 Å². The van der Waals surface area contributed by atoms with Gasteiger partial charge in [0.05, 0.1) is 0 Å². The minimum Gasteiger partial charge on any atom is -0.508 e. The highest BCUT2D eigenvalue weighted by atomic mass is 16.5. The van der Waals surface area contributed by atoms with Crippen LogP contribution in [0.4, 0.5) is 0 Å². The quantitative estimate of drug-likeness (QED) is 0.767. The molecule has 1 aromatic heterocycles. The number of aromatic nitrogens is 2. The predicted molar refractivity (Wildman–Crippen MR) is 79.6 cm³/mol. The number of phenols is 1. The average molecular weight is 281 g/mol. The van der Waals surface area contributed by atoms with Gasteiger partial charge in [-0.05, 0) is 48.9 Å². The molecule has 5 nitrogen and oxygen atoms in total. The summed E-state index contributed by atoms with van der Waals surface area (Å²) in [6.07, 6.45) is 0.757. The molecule has 0 saturated carbocycles. The number of phenolic OH excluding ortho intramolecular Hbond substituents is 1. The van der Waals surface area contributed by atoms with E-state index >= 15 is 0 Å². The molecular weight excluding hydrogens is 266 g/mol. The van der Waals surface area contributed by atoms with Gasteiger partial charge in [-0.1, -0.05) is 23.4 Å². The van der Waals surface area contributed by atoms with Gasteiger partial charge in [0.25, 0.3) is 5.89 Å². The van der Waals surface area contributed by atoms with Crippen LogP contribution in [0.25, 0.3) is 22.8 Å². The van der Waals surface area contributed by atoms with Crippen molar-refractivity contribution in [2.45, 2.75) is 6.42 Å². The summed E-state index contributed by atoms with van der Waals surface area (Å²) in [5.74, 6) is 1.17. The van der Waals surface area contributed by atoms with E-state index in [1.807, 2.05) is 24.3 Å². The topological polar surface area (TPSA) is 85.2 Å². The fourth-order valence-corrected chi connectivity index (χ4v) is 2.16. The fourth-order valence-electron chi connectivity index (χ4n) is 2.16. The van der Waals surface area contributed by atoms with Crippen LogP contribution in [0.1, 0.15) is 5.56 Å². The van der Waals surface area contributed by atoms with Crippen molar-refractivity contribution < 1.29 is 9.63 Å². The second kappa shape index (κ2) is 5.76. The number of hydrogen-bond donors (Lipinski definition) is 2. The van der Waals surface area contributed by atoms with Crippen LogP contribution in [0.15, 0.2) is 53.1 Å². The lowest BCUT2D eigenvalue weighted by Gasteiger charge is -2.03. The summed E-state index contributed by atoms with van der Waals surface area (Å²) in [5.41, 5.74) is 8.41. The summed E-state index contributed by atoms with van der Waals surface area (Å²) in [5, 5.41) is 13.3. The van der Waals surface area contributed by atoms with E-state index in [9.17, 15) is 5.11 Å². The van der Waals surface area contributed by atoms with E-state index in [0.717, 1.165) is 23.1 Å². The minimum atomic E-state index is 0.204. The van der Waals surface area contributed by atoms with E-state index in [1.54, 1.807) is 24.3 Å². The second-order valence-electron chi connectivity index (χ2n) is 4.67. The van der Waals surface area contributed by atoms with Crippen molar-refractivity contribution in [3.8, 4) is 28.6 Å². The highest BCUT2D eigenvalue weighted by Crippen LogP contribution is 2.26. The molecule has 3 aromatic rings. The SMILES string of the molecule is NCCc1ccccc1-c1nc(-c2ccc(O)cc2)no1. The normalized spacial score (nSPS) is 10.7. The first kappa shape index (κ1) is 13.3. The standard InChI is InChI=1S/C16H15N3O2/c17-10-9-11-3-1-2-4-14(11)16-18-15(19-21-16)12-5-7-13(20)8-6-12/h1-8,20H,9-10,17H2. The Hall–Kier alpha value is -2.66. The summed E-state index contributed by atoms with van der Waals surface area (Å²) in [7, 11) is 0. The Bertz CT molecular complexity index is 735. The molecule has 21 heavy (non-hydrogen) atoms. The molecule has 0 spiro atoms. The maximum absolute atomic E-state index is 9.31. The van der Waals surface area contributed by atoms with Crippen LogP contribution in [0.2, 0.25) is 0 Å². The van der Waals surface area contributed by atoms with Gasteiger partial charge in [0, 0.05) is 11.1 Å². The Morgan fingerprint density at radius 1 is 1.05 bits per heavy atom. The second-order valence-corrected chi connectivity index (χ2v) is 4.67. The molecule has 2 aromatic carbocycles. The molecule has 5 heteroatoms. The smallest absolute Gasteiger partial charge is 0.258 e. The third-order valence-corrected chi connectivity index (χ3v) is 3.21. The molecule has 0 fully saturated rings. The molecule has 0 aliphatic heterocycles. The van der Waals surface area contributed by atoms with Crippen molar-refractivity contribution in [3.63, 3.8) is 0 Å². The lowest BCUT2D eigenvalue weighted by atomic mass is 10.0. The monoisotopic (exact) mass is 281 g/mol. The highest BCUT2D eigenvalue weighted by molar-refractivity contribution is 5.62. The van der Waals surface area contributed by atoms with E-state index < -0.39 is 0 Å². The minimum absolute atomic E-state index is 0.204. The number of aromatic hydroxyl groups is 1. The average Bonchev–Trinajstić information content (AvgIpc) is 2.99. The van der Waals surface area contributed by atoms with Crippen LogP contribution in [-0.4, -0.2) is 21.8 Å². The third kappa shape index (κ3) is 2.78. The summed E-state index contributed by atoms with van der Waals surface area (Å²) < 4.78 is 5.36. The molecule has 0 amide bonds. The van der Waals surface area contributed by atoms with Crippen LogP contribution in [0.5, 0.6) is 5.75 Å². The first-order chi connectivity index (χ1) is 10.3. The zero-order valence-electron chi connectivity index (χ0n) is 11.4. The Morgan fingerprint density at radius 2 is 1.81 bits per heavy atom. The first-order valence-corrected chi connectivity index (χ1v) is 6.69. The zero-order chi connectivity index (χ0) is 14.7. The van der Waals surface area contributed by atoms with E-state index in [-0.39, 0.29) is 5.75 Å². The molecule has 106 valence electrons. The Kier molecular flexibility index (Phi) is 3.66. The maximum Gasteiger partial charge on any atom is 0.258 e. The van der Waals surface area contributed by atoms with Crippen molar-refractivity contribution in [2.75, 3.05) is 6.54 Å². The Balaban J connectivity index is 1.97. The lowest BCUT2D eigenvalue weighted by molar-refractivity contribution is 0.432. The molecule has 1 heterocycles. The van der Waals surface area contributed by atoms with Crippen LogP contribution in [-0.2, 0) is 6.42 Å². The fraction of sp³-hybridized carbons (Fsp3) is 0.125. The van der Waals surface area contributed by atoms with Crippen LogP contribution >= 0.6 is 0 Å². The van der Waals surface area contributed by atoms with Crippen molar-refractivity contribution in [3.05, 3.63) is 54.1 Å². The zero-order valence-corrected chi connectivity index (χ0v) is 11.4. The molecular formula is C16H15N3O2. The Labute approximate surface area is 122 Å². The molecule has 0 bridgehead atoms. The molecule has 3 N–H and O–H groups in total. The van der Waals surface area contributed by atoms with Gasteiger partial charge in [0.2, 0.25) is 5.82 Å². The highest BCUT2D eigenvalue weighted by Gasteiger charge is 2.13. The molecule has 3 rings (SSSR count). The number of rotatable bonds is 4. The van der Waals surface area contributed by atoms with E-state index in [0.29, 0.717) is 18.3 Å².